The van der Waals surface area contributed by atoms with E-state index in [0.29, 0.717) is 0 Å². The zero-order chi connectivity index (χ0) is 15.5. The minimum atomic E-state index is -0.490. The highest BCUT2D eigenvalue weighted by molar-refractivity contribution is 5.89. The second-order valence-corrected chi connectivity index (χ2v) is 6.68. The van der Waals surface area contributed by atoms with Gasteiger partial charge in [0.25, 0.3) is 0 Å². The van der Waals surface area contributed by atoms with Gasteiger partial charge in [0.15, 0.2) is 0 Å². The lowest BCUT2D eigenvalue weighted by atomic mass is 9.73. The maximum atomic E-state index is 12.1. The Labute approximate surface area is 126 Å². The van der Waals surface area contributed by atoms with Crippen LogP contribution >= 0.6 is 0 Å². The van der Waals surface area contributed by atoms with E-state index in [1.165, 1.54) is 12.8 Å². The van der Waals surface area contributed by atoms with E-state index in [1.54, 1.807) is 6.92 Å². The van der Waals surface area contributed by atoms with Crippen LogP contribution in [0.25, 0.3) is 0 Å². The number of hydrogen-bond donors (Lipinski definition) is 3. The Hall–Kier alpha value is -1.55. The number of anilines is 1. The first-order chi connectivity index (χ1) is 9.88. The van der Waals surface area contributed by atoms with Crippen LogP contribution in [-0.2, 0) is 0 Å². The molecule has 1 aliphatic carbocycles. The summed E-state index contributed by atoms with van der Waals surface area (Å²) in [7, 11) is 0. The van der Waals surface area contributed by atoms with Crippen molar-refractivity contribution in [2.75, 3.05) is 5.32 Å². The highest BCUT2D eigenvalue weighted by Crippen LogP contribution is 2.35. The minimum Gasteiger partial charge on any atom is -0.389 e. The second kappa shape index (κ2) is 6.48. The molecule has 0 spiro atoms. The van der Waals surface area contributed by atoms with Gasteiger partial charge in [-0.2, -0.15) is 0 Å². The summed E-state index contributed by atoms with van der Waals surface area (Å²) < 4.78 is 0. The lowest BCUT2D eigenvalue weighted by molar-refractivity contribution is 0.170. The van der Waals surface area contributed by atoms with Crippen molar-refractivity contribution < 1.29 is 9.90 Å². The number of aliphatic hydroxyl groups is 1. The first-order valence-corrected chi connectivity index (χ1v) is 7.74. The number of carbonyl (C=O) groups excluding carboxylic acids is 1. The van der Waals surface area contributed by atoms with E-state index in [9.17, 15) is 9.90 Å². The Morgan fingerprint density at radius 3 is 2.52 bits per heavy atom. The standard InChI is InChI=1S/C17H26N2O2/c1-12(20)13-7-9-14(10-8-13)18-16(21)19-15-6-4-5-11-17(15,2)3/h7-10,12,15,20H,4-6,11H2,1-3H3,(H2,18,19,21). The van der Waals surface area contributed by atoms with Gasteiger partial charge >= 0.3 is 6.03 Å². The molecule has 1 saturated carbocycles. The lowest BCUT2D eigenvalue weighted by Gasteiger charge is -2.38. The van der Waals surface area contributed by atoms with Gasteiger partial charge in [0.1, 0.15) is 0 Å². The molecule has 4 nitrogen and oxygen atoms in total. The SMILES string of the molecule is CC(O)c1ccc(NC(=O)NC2CCCCC2(C)C)cc1. The Bertz CT molecular complexity index is 480. The number of benzene rings is 1. The molecule has 1 fully saturated rings. The van der Waals surface area contributed by atoms with Crippen molar-refractivity contribution in [3.8, 4) is 0 Å². The van der Waals surface area contributed by atoms with E-state index in [4.69, 9.17) is 0 Å². The highest BCUT2D eigenvalue weighted by Gasteiger charge is 2.33. The fraction of sp³-hybridized carbons (Fsp3) is 0.588. The summed E-state index contributed by atoms with van der Waals surface area (Å²) in [4.78, 5) is 12.1. The molecule has 1 aliphatic rings. The first kappa shape index (κ1) is 15.8. The van der Waals surface area contributed by atoms with Gasteiger partial charge < -0.3 is 15.7 Å². The molecule has 3 N–H and O–H groups in total. The number of hydrogen-bond acceptors (Lipinski definition) is 2. The van der Waals surface area contributed by atoms with Gasteiger partial charge in [0.2, 0.25) is 0 Å². The minimum absolute atomic E-state index is 0.153. The van der Waals surface area contributed by atoms with E-state index in [1.807, 2.05) is 24.3 Å². The maximum Gasteiger partial charge on any atom is 0.319 e. The van der Waals surface area contributed by atoms with Gasteiger partial charge in [-0.1, -0.05) is 38.8 Å². The number of urea groups is 1. The third-order valence-electron chi connectivity index (χ3n) is 4.46. The maximum absolute atomic E-state index is 12.1. The van der Waals surface area contributed by atoms with E-state index in [2.05, 4.69) is 24.5 Å². The van der Waals surface area contributed by atoms with Gasteiger partial charge in [-0.25, -0.2) is 4.79 Å². The van der Waals surface area contributed by atoms with Gasteiger partial charge in [0.05, 0.1) is 6.10 Å². The quantitative estimate of drug-likeness (QED) is 0.792. The number of carbonyl (C=O) groups is 1. The predicted octanol–water partition coefficient (Wildman–Crippen LogP) is 3.83. The van der Waals surface area contributed by atoms with Crippen LogP contribution in [0.2, 0.25) is 0 Å². The van der Waals surface area contributed by atoms with Crippen molar-refractivity contribution in [2.45, 2.75) is 58.6 Å². The topological polar surface area (TPSA) is 61.4 Å². The normalized spacial score (nSPS) is 22.4. The van der Waals surface area contributed by atoms with Crippen molar-refractivity contribution in [2.24, 2.45) is 5.41 Å². The van der Waals surface area contributed by atoms with Crippen LogP contribution in [0.5, 0.6) is 0 Å². The summed E-state index contributed by atoms with van der Waals surface area (Å²) in [6.07, 6.45) is 4.13. The number of nitrogens with one attached hydrogen (secondary N) is 2. The number of aliphatic hydroxyl groups excluding tert-OH is 1. The van der Waals surface area contributed by atoms with E-state index < -0.39 is 6.10 Å². The smallest absolute Gasteiger partial charge is 0.319 e. The zero-order valence-corrected chi connectivity index (χ0v) is 13.1. The van der Waals surface area contributed by atoms with Crippen LogP contribution in [0.3, 0.4) is 0 Å². The molecule has 2 amide bonds. The monoisotopic (exact) mass is 290 g/mol. The van der Waals surface area contributed by atoms with Crippen molar-refractivity contribution >= 4 is 11.7 Å². The molecule has 4 heteroatoms. The van der Waals surface area contributed by atoms with Gasteiger partial charge in [-0.3, -0.25) is 0 Å². The van der Waals surface area contributed by atoms with E-state index in [0.717, 1.165) is 24.1 Å². The molecule has 116 valence electrons. The summed E-state index contributed by atoms with van der Waals surface area (Å²) >= 11 is 0. The Kier molecular flexibility index (Phi) is 4.88. The molecule has 0 heterocycles. The third kappa shape index (κ3) is 4.21. The van der Waals surface area contributed by atoms with Crippen LogP contribution < -0.4 is 10.6 Å². The molecule has 0 aliphatic heterocycles. The van der Waals surface area contributed by atoms with Crippen LogP contribution in [-0.4, -0.2) is 17.2 Å². The van der Waals surface area contributed by atoms with Gasteiger partial charge in [-0.15, -0.1) is 0 Å². The molecule has 0 bridgehead atoms. The summed E-state index contributed by atoms with van der Waals surface area (Å²) in [6.45, 7) is 6.16. The van der Waals surface area contributed by atoms with E-state index in [-0.39, 0.29) is 17.5 Å². The van der Waals surface area contributed by atoms with E-state index >= 15 is 0 Å². The molecule has 1 aromatic rings. The highest BCUT2D eigenvalue weighted by atomic mass is 16.3. The van der Waals surface area contributed by atoms with Gasteiger partial charge in [-0.05, 0) is 42.9 Å². The predicted molar refractivity (Wildman–Crippen MR) is 85.3 cm³/mol. The Balaban J connectivity index is 1.92. The Morgan fingerprint density at radius 1 is 1.29 bits per heavy atom. The van der Waals surface area contributed by atoms with Crippen LogP contribution in [0.1, 0.15) is 58.1 Å². The van der Waals surface area contributed by atoms with Crippen LogP contribution in [0.4, 0.5) is 10.5 Å². The molecule has 0 aromatic heterocycles. The molecule has 2 atom stereocenters. The second-order valence-electron chi connectivity index (χ2n) is 6.68. The summed E-state index contributed by atoms with van der Waals surface area (Å²) in [6, 6.07) is 7.35. The average molecular weight is 290 g/mol. The fourth-order valence-electron chi connectivity index (χ4n) is 2.93. The lowest BCUT2D eigenvalue weighted by Crippen LogP contribution is -2.48. The van der Waals surface area contributed by atoms with Crippen LogP contribution in [0.15, 0.2) is 24.3 Å². The van der Waals surface area contributed by atoms with Crippen molar-refractivity contribution in [3.63, 3.8) is 0 Å². The van der Waals surface area contributed by atoms with Crippen molar-refractivity contribution in [3.05, 3.63) is 29.8 Å². The average Bonchev–Trinajstić information content (AvgIpc) is 2.41. The number of rotatable bonds is 3. The molecule has 21 heavy (non-hydrogen) atoms. The largest absolute Gasteiger partial charge is 0.389 e. The van der Waals surface area contributed by atoms with Gasteiger partial charge in [0, 0.05) is 11.7 Å². The summed E-state index contributed by atoms with van der Waals surface area (Å²) in [5, 5.41) is 15.4. The third-order valence-corrected chi connectivity index (χ3v) is 4.46. The molecule has 2 rings (SSSR count). The zero-order valence-electron chi connectivity index (χ0n) is 13.1. The molecular weight excluding hydrogens is 264 g/mol. The Morgan fingerprint density at radius 2 is 1.95 bits per heavy atom. The summed E-state index contributed by atoms with van der Waals surface area (Å²) in [5.41, 5.74) is 1.74. The number of amides is 2. The molecule has 0 radical (unpaired) electrons. The summed E-state index contributed by atoms with van der Waals surface area (Å²) in [5.74, 6) is 0. The first-order valence-electron chi connectivity index (χ1n) is 7.74. The fourth-order valence-corrected chi connectivity index (χ4v) is 2.93. The molecular formula is C17H26N2O2. The molecule has 0 saturated heterocycles. The van der Waals surface area contributed by atoms with Crippen molar-refractivity contribution in [1.29, 1.82) is 0 Å². The molecule has 1 aromatic carbocycles. The van der Waals surface area contributed by atoms with Crippen LogP contribution in [0, 0.1) is 5.41 Å². The molecule has 2 unspecified atom stereocenters. The van der Waals surface area contributed by atoms with Crippen molar-refractivity contribution in [1.82, 2.24) is 5.32 Å².